The van der Waals surface area contributed by atoms with Crippen LogP contribution in [0.25, 0.3) is 99.7 Å². The third-order valence-electron chi connectivity index (χ3n) is 10.6. The van der Waals surface area contributed by atoms with E-state index in [0.29, 0.717) is 0 Å². The molecule has 238 valence electrons. The Hall–Kier alpha value is -7.05. The van der Waals surface area contributed by atoms with Crippen molar-refractivity contribution >= 4 is 82.6 Å². The monoisotopic (exact) mass is 653 g/mol. The Morgan fingerprint density at radius 2 is 0.922 bits per heavy atom. The largest absolute Gasteiger partial charge is 0.437 e. The third-order valence-corrected chi connectivity index (χ3v) is 10.6. The first-order valence-electron chi connectivity index (χ1n) is 17.2. The van der Waals surface area contributed by atoms with Crippen LogP contribution in [0.5, 0.6) is 0 Å². The number of nitrogens with zero attached hydrogens (tertiary/aromatic N) is 5. The van der Waals surface area contributed by atoms with Gasteiger partial charge in [-0.2, -0.15) is 0 Å². The maximum absolute atomic E-state index is 6.54. The van der Waals surface area contributed by atoms with E-state index in [1.165, 1.54) is 32.6 Å². The van der Waals surface area contributed by atoms with Gasteiger partial charge in [-0.25, -0.2) is 9.38 Å². The van der Waals surface area contributed by atoms with Crippen LogP contribution < -0.4 is 0 Å². The minimum Gasteiger partial charge on any atom is -0.437 e. The summed E-state index contributed by atoms with van der Waals surface area (Å²) in [7, 11) is 0. The Balaban J connectivity index is 1.10. The van der Waals surface area contributed by atoms with Gasteiger partial charge in [0.15, 0.2) is 0 Å². The molecule has 0 aliphatic carbocycles. The molecular formula is C45H27N5O. The molecule has 0 saturated heterocycles. The molecule has 0 spiro atoms. The summed E-state index contributed by atoms with van der Waals surface area (Å²) < 4.78 is 15.7. The number of para-hydroxylation sites is 5. The lowest BCUT2D eigenvalue weighted by atomic mass is 10.1. The van der Waals surface area contributed by atoms with Crippen LogP contribution in [-0.2, 0) is 0 Å². The van der Waals surface area contributed by atoms with Crippen LogP contribution in [0.2, 0.25) is 0 Å². The number of hydrogen-bond acceptors (Lipinski definition) is 2. The van der Waals surface area contributed by atoms with E-state index in [4.69, 9.17) is 9.40 Å². The van der Waals surface area contributed by atoms with E-state index in [9.17, 15) is 0 Å². The zero-order valence-corrected chi connectivity index (χ0v) is 27.2. The van der Waals surface area contributed by atoms with Gasteiger partial charge in [0.05, 0.1) is 33.1 Å². The minimum atomic E-state index is 0.791. The average molecular weight is 654 g/mol. The van der Waals surface area contributed by atoms with Crippen LogP contribution in [0.4, 0.5) is 0 Å². The second-order valence-corrected chi connectivity index (χ2v) is 13.3. The van der Waals surface area contributed by atoms with Crippen molar-refractivity contribution in [1.29, 1.82) is 0 Å². The molecule has 0 saturated carbocycles. The lowest BCUT2D eigenvalue weighted by molar-refractivity contribution is 0.651. The van der Waals surface area contributed by atoms with Crippen LogP contribution >= 0.6 is 0 Å². The molecule has 0 radical (unpaired) electrons. The molecule has 0 bridgehead atoms. The molecule has 7 aromatic carbocycles. The summed E-state index contributed by atoms with van der Waals surface area (Å²) in [5.74, 6) is 0.825. The normalized spacial score (nSPS) is 12.3. The topological polar surface area (TPSA) is 45.2 Å². The van der Waals surface area contributed by atoms with Crippen molar-refractivity contribution in [2.24, 2.45) is 0 Å². The van der Waals surface area contributed by atoms with E-state index >= 15 is 0 Å². The number of furan rings is 1. The van der Waals surface area contributed by atoms with Gasteiger partial charge < -0.3 is 13.6 Å². The Morgan fingerprint density at radius 3 is 1.61 bits per heavy atom. The van der Waals surface area contributed by atoms with Gasteiger partial charge in [0, 0.05) is 44.0 Å². The standard InChI is InChI=1S/C45H27N5O/c1-2-12-28(13-3-1)49-43-34-17-7-11-21-42(34)51-44(43)50-41-25-23-30(27-36(41)46-45(49)50)48-39-20-10-6-16-33(39)35-26-29(22-24-40(35)48)47-37-18-8-4-14-31(37)32-15-5-9-19-38(32)47/h1-27H. The zero-order valence-electron chi connectivity index (χ0n) is 27.2. The highest BCUT2D eigenvalue weighted by Gasteiger charge is 2.24. The quantitative estimate of drug-likeness (QED) is 0.190. The lowest BCUT2D eigenvalue weighted by Crippen LogP contribution is -1.96. The van der Waals surface area contributed by atoms with Gasteiger partial charge in [0.2, 0.25) is 11.5 Å². The second-order valence-electron chi connectivity index (χ2n) is 13.3. The molecule has 6 nitrogen and oxygen atoms in total. The molecule has 0 amide bonds. The summed E-state index contributed by atoms with van der Waals surface area (Å²) in [4.78, 5) is 5.29. The van der Waals surface area contributed by atoms with Crippen molar-refractivity contribution in [3.05, 3.63) is 164 Å². The van der Waals surface area contributed by atoms with Crippen LogP contribution in [0, 0.1) is 0 Å². The summed E-state index contributed by atoms with van der Waals surface area (Å²) in [6, 6.07) is 58.2. The molecule has 0 fully saturated rings. The molecule has 0 N–H and O–H groups in total. The van der Waals surface area contributed by atoms with E-state index in [-0.39, 0.29) is 0 Å². The fourth-order valence-electron chi connectivity index (χ4n) is 8.43. The van der Waals surface area contributed by atoms with Crippen LogP contribution in [0.1, 0.15) is 0 Å². The van der Waals surface area contributed by atoms with E-state index in [0.717, 1.165) is 67.1 Å². The number of benzene rings is 7. The summed E-state index contributed by atoms with van der Waals surface area (Å²) >= 11 is 0. The number of rotatable bonds is 3. The second kappa shape index (κ2) is 9.77. The highest BCUT2D eigenvalue weighted by Crippen LogP contribution is 2.39. The van der Waals surface area contributed by atoms with Crippen LogP contribution in [0.3, 0.4) is 0 Å². The molecule has 12 rings (SSSR count). The maximum atomic E-state index is 6.54. The summed E-state index contributed by atoms with van der Waals surface area (Å²) in [5, 5.41) is 6.01. The molecule has 5 aromatic heterocycles. The molecule has 0 aliphatic heterocycles. The zero-order chi connectivity index (χ0) is 33.2. The first-order chi connectivity index (χ1) is 25.3. The first kappa shape index (κ1) is 26.9. The molecular weight excluding hydrogens is 627 g/mol. The highest BCUT2D eigenvalue weighted by atomic mass is 16.3. The van der Waals surface area contributed by atoms with Crippen molar-refractivity contribution < 1.29 is 4.42 Å². The molecule has 0 aliphatic rings. The number of fused-ring (bicyclic) bond motifs is 13. The number of imidazole rings is 2. The molecule has 5 heterocycles. The number of hydrogen-bond donors (Lipinski definition) is 0. The average Bonchev–Trinajstić information content (AvgIpc) is 3.97. The first-order valence-corrected chi connectivity index (χ1v) is 17.2. The van der Waals surface area contributed by atoms with Gasteiger partial charge in [0.25, 0.3) is 0 Å². The van der Waals surface area contributed by atoms with Gasteiger partial charge in [-0.1, -0.05) is 84.9 Å². The lowest BCUT2D eigenvalue weighted by Gasteiger charge is -2.10. The van der Waals surface area contributed by atoms with E-state index in [1.807, 2.05) is 18.2 Å². The summed E-state index contributed by atoms with van der Waals surface area (Å²) in [5.41, 5.74) is 12.5. The molecule has 12 aromatic rings. The fraction of sp³-hybridized carbons (Fsp3) is 0. The van der Waals surface area contributed by atoms with Gasteiger partial charge >= 0.3 is 0 Å². The minimum absolute atomic E-state index is 0.791. The van der Waals surface area contributed by atoms with Crippen LogP contribution in [-0.4, -0.2) is 23.1 Å². The van der Waals surface area contributed by atoms with Crippen molar-refractivity contribution in [3.8, 4) is 17.1 Å². The van der Waals surface area contributed by atoms with Crippen LogP contribution in [0.15, 0.2) is 168 Å². The predicted molar refractivity (Wildman–Crippen MR) is 208 cm³/mol. The number of aromatic nitrogens is 5. The molecule has 51 heavy (non-hydrogen) atoms. The summed E-state index contributed by atoms with van der Waals surface area (Å²) in [6.07, 6.45) is 0. The van der Waals surface area contributed by atoms with Crippen molar-refractivity contribution in [3.63, 3.8) is 0 Å². The molecule has 6 heteroatoms. The van der Waals surface area contributed by atoms with E-state index in [1.54, 1.807) is 0 Å². The van der Waals surface area contributed by atoms with E-state index < -0.39 is 0 Å². The Labute approximate surface area is 290 Å². The Kier molecular flexibility index (Phi) is 5.14. The summed E-state index contributed by atoms with van der Waals surface area (Å²) in [6.45, 7) is 0. The smallest absolute Gasteiger partial charge is 0.232 e. The predicted octanol–water partition coefficient (Wildman–Crippen LogP) is 11.4. The van der Waals surface area contributed by atoms with Gasteiger partial charge in [-0.05, 0) is 78.9 Å². The van der Waals surface area contributed by atoms with E-state index in [2.05, 4.69) is 164 Å². The third kappa shape index (κ3) is 3.52. The van der Waals surface area contributed by atoms with Gasteiger partial charge in [-0.3, -0.25) is 4.57 Å². The van der Waals surface area contributed by atoms with Crippen molar-refractivity contribution in [1.82, 2.24) is 23.1 Å². The molecule has 0 unspecified atom stereocenters. The van der Waals surface area contributed by atoms with Crippen molar-refractivity contribution in [2.75, 3.05) is 0 Å². The Bertz CT molecular complexity index is 3320. The SMILES string of the molecule is c1ccc(-n2c3c4ccccc4oc3n3c4ccc(-n5c6ccccc6c6cc(-n7c8ccccc8c8ccccc87)ccc65)cc4nc23)cc1. The maximum Gasteiger partial charge on any atom is 0.232 e. The van der Waals surface area contributed by atoms with Crippen molar-refractivity contribution in [2.45, 2.75) is 0 Å². The fourth-order valence-corrected chi connectivity index (χ4v) is 8.43. The van der Waals surface area contributed by atoms with Gasteiger partial charge in [-0.15, -0.1) is 0 Å². The van der Waals surface area contributed by atoms with Gasteiger partial charge in [0.1, 0.15) is 11.1 Å². The molecule has 0 atom stereocenters. The Morgan fingerprint density at radius 1 is 0.392 bits per heavy atom. The highest BCUT2D eigenvalue weighted by molar-refractivity contribution is 6.12.